The van der Waals surface area contributed by atoms with Crippen molar-refractivity contribution in [2.45, 2.75) is 6.92 Å². The Kier molecular flexibility index (Phi) is 3.15. The summed E-state index contributed by atoms with van der Waals surface area (Å²) in [6, 6.07) is 11.2. The van der Waals surface area contributed by atoms with Crippen molar-refractivity contribution in [1.29, 1.82) is 0 Å². The van der Waals surface area contributed by atoms with Crippen LogP contribution in [0.25, 0.3) is 10.8 Å². The van der Waals surface area contributed by atoms with E-state index >= 15 is 0 Å². The number of nitrogens with zero attached hydrogens (tertiary/aromatic N) is 4. The first-order valence-corrected chi connectivity index (χ1v) is 6.33. The maximum atomic E-state index is 9.99. The molecule has 0 unspecified atom stereocenters. The molecule has 0 spiro atoms. The number of nitrogen functional groups attached to an aromatic ring is 1. The van der Waals surface area contributed by atoms with Gasteiger partial charge in [0.15, 0.2) is 5.82 Å². The molecule has 0 aliphatic heterocycles. The number of anilines is 1. The molecule has 1 aromatic heterocycles. The Bertz CT molecular complexity index is 823. The second-order valence-corrected chi connectivity index (χ2v) is 4.53. The van der Waals surface area contributed by atoms with Crippen molar-refractivity contribution in [1.82, 2.24) is 14.9 Å². The van der Waals surface area contributed by atoms with Gasteiger partial charge in [0.1, 0.15) is 5.75 Å². The number of aromatic hydroxyl groups is 1. The molecule has 0 aliphatic rings. The summed E-state index contributed by atoms with van der Waals surface area (Å²) in [5.74, 6) is 6.76. The van der Waals surface area contributed by atoms with Gasteiger partial charge in [-0.15, -0.1) is 10.2 Å². The van der Waals surface area contributed by atoms with Gasteiger partial charge in [0.2, 0.25) is 0 Å². The second-order valence-electron chi connectivity index (χ2n) is 4.53. The maximum absolute atomic E-state index is 9.99. The molecule has 7 heteroatoms. The number of aryl methyl sites for hydroxylation is 1. The Hall–Kier alpha value is -3.09. The Morgan fingerprint density at radius 1 is 1.24 bits per heavy atom. The van der Waals surface area contributed by atoms with E-state index in [9.17, 15) is 5.11 Å². The third-order valence-corrected chi connectivity index (χ3v) is 3.17. The standard InChI is InChI=1S/C14H14N6O/c1-9-17-19-14(20(9)15)18-16-8-12-11-5-3-2-4-10(11)6-7-13(12)21/h2-8,21H,15H2,1H3,(H,18,19)/b16-8+. The van der Waals surface area contributed by atoms with Crippen molar-refractivity contribution in [3.8, 4) is 5.75 Å². The molecule has 0 atom stereocenters. The van der Waals surface area contributed by atoms with Crippen LogP contribution in [0.4, 0.5) is 5.95 Å². The molecule has 7 nitrogen and oxygen atoms in total. The van der Waals surface area contributed by atoms with Gasteiger partial charge in [0.05, 0.1) is 6.21 Å². The van der Waals surface area contributed by atoms with E-state index in [2.05, 4.69) is 20.7 Å². The lowest BCUT2D eigenvalue weighted by atomic mass is 10.0. The summed E-state index contributed by atoms with van der Waals surface area (Å²) < 4.78 is 1.29. The number of hydrogen-bond donors (Lipinski definition) is 3. The number of nitrogens with one attached hydrogen (secondary N) is 1. The highest BCUT2D eigenvalue weighted by atomic mass is 16.3. The summed E-state index contributed by atoms with van der Waals surface area (Å²) in [7, 11) is 0. The molecule has 3 rings (SSSR count). The molecule has 3 aromatic rings. The average Bonchev–Trinajstić information content (AvgIpc) is 2.81. The van der Waals surface area contributed by atoms with Crippen LogP contribution >= 0.6 is 0 Å². The minimum atomic E-state index is 0.157. The Morgan fingerprint density at radius 2 is 2.05 bits per heavy atom. The molecule has 21 heavy (non-hydrogen) atoms. The van der Waals surface area contributed by atoms with Gasteiger partial charge in [-0.05, 0) is 23.8 Å². The lowest BCUT2D eigenvalue weighted by Gasteiger charge is -2.05. The van der Waals surface area contributed by atoms with Crippen LogP contribution < -0.4 is 11.3 Å². The first-order chi connectivity index (χ1) is 10.2. The second kappa shape index (κ2) is 5.12. The quantitative estimate of drug-likeness (QED) is 0.385. The Balaban J connectivity index is 1.92. The molecule has 0 aliphatic carbocycles. The van der Waals surface area contributed by atoms with E-state index in [0.717, 1.165) is 10.8 Å². The molecular formula is C14H14N6O. The van der Waals surface area contributed by atoms with Crippen molar-refractivity contribution < 1.29 is 5.11 Å². The average molecular weight is 282 g/mol. The largest absolute Gasteiger partial charge is 0.507 e. The van der Waals surface area contributed by atoms with Crippen molar-refractivity contribution in [2.24, 2.45) is 5.10 Å². The topological polar surface area (TPSA) is 101 Å². The van der Waals surface area contributed by atoms with E-state index < -0.39 is 0 Å². The van der Waals surface area contributed by atoms with Gasteiger partial charge in [-0.1, -0.05) is 30.3 Å². The molecule has 0 bridgehead atoms. The van der Waals surface area contributed by atoms with Crippen LogP contribution in [0.3, 0.4) is 0 Å². The maximum Gasteiger partial charge on any atom is 0.263 e. The molecule has 0 saturated heterocycles. The number of nitrogens with two attached hydrogens (primary N) is 1. The molecule has 0 radical (unpaired) electrons. The summed E-state index contributed by atoms with van der Waals surface area (Å²) in [6.07, 6.45) is 1.53. The van der Waals surface area contributed by atoms with Crippen LogP contribution in [-0.4, -0.2) is 26.2 Å². The fourth-order valence-electron chi connectivity index (χ4n) is 2.02. The third kappa shape index (κ3) is 2.36. The van der Waals surface area contributed by atoms with Crippen LogP contribution in [-0.2, 0) is 0 Å². The zero-order valence-corrected chi connectivity index (χ0v) is 11.4. The van der Waals surface area contributed by atoms with Crippen molar-refractivity contribution in [2.75, 3.05) is 11.3 Å². The molecule has 4 N–H and O–H groups in total. The van der Waals surface area contributed by atoms with Crippen molar-refractivity contribution in [3.05, 3.63) is 47.8 Å². The van der Waals surface area contributed by atoms with E-state index in [1.165, 1.54) is 10.9 Å². The van der Waals surface area contributed by atoms with Crippen molar-refractivity contribution >= 4 is 22.9 Å². The zero-order chi connectivity index (χ0) is 14.8. The normalized spacial score (nSPS) is 11.3. The molecule has 106 valence electrons. The number of fused-ring (bicyclic) bond motifs is 1. The smallest absolute Gasteiger partial charge is 0.263 e. The van der Waals surface area contributed by atoms with Crippen LogP contribution in [0.2, 0.25) is 0 Å². The molecular weight excluding hydrogens is 268 g/mol. The fraction of sp³-hybridized carbons (Fsp3) is 0.0714. The number of phenols is 1. The summed E-state index contributed by atoms with van der Waals surface area (Å²) >= 11 is 0. The molecule has 1 heterocycles. The Morgan fingerprint density at radius 3 is 2.81 bits per heavy atom. The van der Waals surface area contributed by atoms with Gasteiger partial charge < -0.3 is 10.9 Å². The van der Waals surface area contributed by atoms with E-state index in [4.69, 9.17) is 5.84 Å². The molecule has 2 aromatic carbocycles. The highest BCUT2D eigenvalue weighted by Crippen LogP contribution is 2.25. The van der Waals surface area contributed by atoms with E-state index in [1.54, 1.807) is 13.0 Å². The van der Waals surface area contributed by atoms with E-state index in [1.807, 2.05) is 30.3 Å². The minimum Gasteiger partial charge on any atom is -0.507 e. The van der Waals surface area contributed by atoms with Gasteiger partial charge in [0, 0.05) is 5.56 Å². The fourth-order valence-corrected chi connectivity index (χ4v) is 2.02. The van der Waals surface area contributed by atoms with Crippen LogP contribution in [0.15, 0.2) is 41.5 Å². The van der Waals surface area contributed by atoms with Crippen molar-refractivity contribution in [3.63, 3.8) is 0 Å². The van der Waals surface area contributed by atoms with Crippen LogP contribution in [0, 0.1) is 6.92 Å². The highest BCUT2D eigenvalue weighted by molar-refractivity contribution is 6.02. The summed E-state index contributed by atoms with van der Waals surface area (Å²) in [6.45, 7) is 1.73. The van der Waals surface area contributed by atoms with Gasteiger partial charge in [0.25, 0.3) is 5.95 Å². The monoisotopic (exact) mass is 282 g/mol. The van der Waals surface area contributed by atoms with Crippen LogP contribution in [0.1, 0.15) is 11.4 Å². The summed E-state index contributed by atoms with van der Waals surface area (Å²) in [4.78, 5) is 0. The minimum absolute atomic E-state index is 0.157. The van der Waals surface area contributed by atoms with Gasteiger partial charge in [-0.25, -0.2) is 10.1 Å². The lowest BCUT2D eigenvalue weighted by molar-refractivity contribution is 0.475. The predicted octanol–water partition coefficient (Wildman–Crippen LogP) is 1.61. The molecule has 0 saturated carbocycles. The number of hydrogen-bond acceptors (Lipinski definition) is 6. The highest BCUT2D eigenvalue weighted by Gasteiger charge is 2.05. The van der Waals surface area contributed by atoms with Gasteiger partial charge >= 0.3 is 0 Å². The van der Waals surface area contributed by atoms with Gasteiger partial charge in [-0.3, -0.25) is 0 Å². The number of phenolic OH excluding ortho intramolecular Hbond substituents is 1. The number of benzene rings is 2. The van der Waals surface area contributed by atoms with Crippen LogP contribution in [0.5, 0.6) is 5.75 Å². The number of rotatable bonds is 3. The summed E-state index contributed by atoms with van der Waals surface area (Å²) in [5, 5.41) is 23.6. The Labute approximate surface area is 120 Å². The zero-order valence-electron chi connectivity index (χ0n) is 11.4. The van der Waals surface area contributed by atoms with Gasteiger partial charge in [-0.2, -0.15) is 5.10 Å². The first-order valence-electron chi connectivity index (χ1n) is 6.33. The third-order valence-electron chi connectivity index (χ3n) is 3.17. The van der Waals surface area contributed by atoms with E-state index in [-0.39, 0.29) is 5.75 Å². The summed E-state index contributed by atoms with van der Waals surface area (Å²) in [5.41, 5.74) is 3.32. The SMILES string of the molecule is Cc1nnc(N/N=C/c2c(O)ccc3ccccc23)n1N. The first kappa shape index (κ1) is 12.9. The van der Waals surface area contributed by atoms with E-state index in [0.29, 0.717) is 17.3 Å². The lowest BCUT2D eigenvalue weighted by Crippen LogP contribution is -2.13. The number of hydrazone groups is 1. The molecule has 0 fully saturated rings. The number of aromatic nitrogens is 3. The molecule has 0 amide bonds. The predicted molar refractivity (Wildman–Crippen MR) is 81.7 cm³/mol.